The van der Waals surface area contributed by atoms with E-state index in [1.807, 2.05) is 0 Å². The summed E-state index contributed by atoms with van der Waals surface area (Å²) in [6.07, 6.45) is 0.894. The summed E-state index contributed by atoms with van der Waals surface area (Å²) in [5.41, 5.74) is 6.89. The van der Waals surface area contributed by atoms with Crippen molar-refractivity contribution in [3.63, 3.8) is 0 Å². The SMILES string of the molecule is CCC(C(C)C)n1nnnc1-c1cc(F)ccc1N. The quantitative estimate of drug-likeness (QED) is 0.861. The Hall–Kier alpha value is -1.98. The predicted molar refractivity (Wildman–Crippen MR) is 71.8 cm³/mol. The van der Waals surface area contributed by atoms with Gasteiger partial charge in [-0.2, -0.15) is 0 Å². The van der Waals surface area contributed by atoms with Gasteiger partial charge in [0.1, 0.15) is 5.82 Å². The topological polar surface area (TPSA) is 69.6 Å². The van der Waals surface area contributed by atoms with Crippen LogP contribution in [-0.4, -0.2) is 20.2 Å². The van der Waals surface area contributed by atoms with Crippen molar-refractivity contribution in [2.75, 3.05) is 5.73 Å². The van der Waals surface area contributed by atoms with Crippen LogP contribution in [0.25, 0.3) is 11.4 Å². The van der Waals surface area contributed by atoms with Crippen molar-refractivity contribution >= 4 is 5.69 Å². The number of nitrogens with two attached hydrogens (primary N) is 1. The van der Waals surface area contributed by atoms with Gasteiger partial charge in [0.25, 0.3) is 0 Å². The van der Waals surface area contributed by atoms with E-state index in [9.17, 15) is 4.39 Å². The minimum absolute atomic E-state index is 0.160. The Morgan fingerprint density at radius 3 is 2.74 bits per heavy atom. The first kappa shape index (κ1) is 13.5. The van der Waals surface area contributed by atoms with Crippen molar-refractivity contribution in [1.82, 2.24) is 20.2 Å². The molecule has 1 aromatic carbocycles. The molecule has 0 bridgehead atoms. The first-order chi connectivity index (χ1) is 9.04. The summed E-state index contributed by atoms with van der Waals surface area (Å²) >= 11 is 0. The number of hydrogen-bond acceptors (Lipinski definition) is 4. The van der Waals surface area contributed by atoms with Crippen molar-refractivity contribution in [3.8, 4) is 11.4 Å². The number of benzene rings is 1. The number of anilines is 1. The van der Waals surface area contributed by atoms with E-state index in [1.165, 1.54) is 18.2 Å². The predicted octanol–water partition coefficient (Wildman–Crippen LogP) is 2.67. The second-order valence-corrected chi connectivity index (χ2v) is 4.90. The lowest BCUT2D eigenvalue weighted by molar-refractivity contribution is 0.333. The van der Waals surface area contributed by atoms with Gasteiger partial charge in [-0.3, -0.25) is 0 Å². The van der Waals surface area contributed by atoms with Crippen LogP contribution in [-0.2, 0) is 0 Å². The molecule has 0 saturated carbocycles. The van der Waals surface area contributed by atoms with Gasteiger partial charge in [0.15, 0.2) is 5.82 Å². The highest BCUT2D eigenvalue weighted by Gasteiger charge is 2.21. The smallest absolute Gasteiger partial charge is 0.184 e. The van der Waals surface area contributed by atoms with Gasteiger partial charge < -0.3 is 5.73 Å². The van der Waals surface area contributed by atoms with Crippen molar-refractivity contribution in [2.24, 2.45) is 5.92 Å². The summed E-state index contributed by atoms with van der Waals surface area (Å²) < 4.78 is 15.1. The number of nitrogens with zero attached hydrogens (tertiary/aromatic N) is 4. The van der Waals surface area contributed by atoms with Gasteiger partial charge in [0, 0.05) is 11.3 Å². The third-order valence-corrected chi connectivity index (χ3v) is 3.25. The number of hydrogen-bond donors (Lipinski definition) is 1. The summed E-state index contributed by atoms with van der Waals surface area (Å²) in [5, 5.41) is 11.7. The van der Waals surface area contributed by atoms with Gasteiger partial charge in [-0.15, -0.1) is 5.10 Å². The van der Waals surface area contributed by atoms with Gasteiger partial charge in [-0.25, -0.2) is 9.07 Å². The van der Waals surface area contributed by atoms with E-state index in [2.05, 4.69) is 36.3 Å². The van der Waals surface area contributed by atoms with E-state index < -0.39 is 0 Å². The molecule has 2 rings (SSSR count). The van der Waals surface area contributed by atoms with E-state index in [1.54, 1.807) is 4.68 Å². The first-order valence-corrected chi connectivity index (χ1v) is 6.37. The molecular formula is C13H18FN5. The van der Waals surface area contributed by atoms with Crippen LogP contribution in [0.15, 0.2) is 18.2 Å². The number of tetrazole rings is 1. The normalized spacial score (nSPS) is 12.9. The van der Waals surface area contributed by atoms with Gasteiger partial charge in [-0.05, 0) is 41.0 Å². The average Bonchev–Trinajstić information content (AvgIpc) is 2.81. The van der Waals surface area contributed by atoms with E-state index in [-0.39, 0.29) is 11.9 Å². The van der Waals surface area contributed by atoms with Crippen molar-refractivity contribution < 1.29 is 4.39 Å². The molecule has 6 heteroatoms. The highest BCUT2D eigenvalue weighted by Crippen LogP contribution is 2.29. The van der Waals surface area contributed by atoms with E-state index >= 15 is 0 Å². The molecule has 1 heterocycles. The molecule has 1 aromatic heterocycles. The summed E-state index contributed by atoms with van der Waals surface area (Å²) in [7, 11) is 0. The second kappa shape index (κ2) is 5.34. The molecule has 0 aliphatic carbocycles. The molecule has 1 unspecified atom stereocenters. The zero-order valence-corrected chi connectivity index (χ0v) is 11.3. The van der Waals surface area contributed by atoms with Crippen LogP contribution in [0.1, 0.15) is 33.2 Å². The summed E-state index contributed by atoms with van der Waals surface area (Å²) in [4.78, 5) is 0. The molecule has 2 N–H and O–H groups in total. The molecule has 2 aromatic rings. The number of rotatable bonds is 4. The third kappa shape index (κ3) is 2.57. The molecule has 19 heavy (non-hydrogen) atoms. The first-order valence-electron chi connectivity index (χ1n) is 6.37. The number of aromatic nitrogens is 4. The zero-order chi connectivity index (χ0) is 14.0. The van der Waals surface area contributed by atoms with Crippen LogP contribution >= 0.6 is 0 Å². The fraction of sp³-hybridized carbons (Fsp3) is 0.462. The van der Waals surface area contributed by atoms with Gasteiger partial charge in [0.05, 0.1) is 6.04 Å². The fourth-order valence-corrected chi connectivity index (χ4v) is 2.24. The van der Waals surface area contributed by atoms with Crippen LogP contribution < -0.4 is 5.73 Å². The van der Waals surface area contributed by atoms with Gasteiger partial charge in [-0.1, -0.05) is 20.8 Å². The van der Waals surface area contributed by atoms with Crippen molar-refractivity contribution in [1.29, 1.82) is 0 Å². The Morgan fingerprint density at radius 2 is 2.11 bits per heavy atom. The minimum atomic E-state index is -0.351. The van der Waals surface area contributed by atoms with Crippen molar-refractivity contribution in [2.45, 2.75) is 33.2 Å². The summed E-state index contributed by atoms with van der Waals surface area (Å²) in [6.45, 7) is 6.29. The zero-order valence-electron chi connectivity index (χ0n) is 11.3. The van der Waals surface area contributed by atoms with Gasteiger partial charge in [0.2, 0.25) is 0 Å². The lowest BCUT2D eigenvalue weighted by Gasteiger charge is -2.20. The highest BCUT2D eigenvalue weighted by atomic mass is 19.1. The Bertz CT molecular complexity index is 564. The maximum Gasteiger partial charge on any atom is 0.184 e. The van der Waals surface area contributed by atoms with E-state index in [4.69, 9.17) is 5.73 Å². The molecule has 1 atom stereocenters. The Balaban J connectivity index is 2.52. The molecule has 5 nitrogen and oxygen atoms in total. The monoisotopic (exact) mass is 263 g/mol. The van der Waals surface area contributed by atoms with Crippen molar-refractivity contribution in [3.05, 3.63) is 24.0 Å². The number of halogens is 1. The Kier molecular flexibility index (Phi) is 3.78. The minimum Gasteiger partial charge on any atom is -0.398 e. The molecule has 0 saturated heterocycles. The molecule has 0 amide bonds. The second-order valence-electron chi connectivity index (χ2n) is 4.90. The molecule has 0 spiro atoms. The molecule has 0 aliphatic heterocycles. The standard InChI is InChI=1S/C13H18FN5/c1-4-12(8(2)3)19-13(16-17-18-19)10-7-9(14)5-6-11(10)15/h5-8,12H,4,15H2,1-3H3. The lowest BCUT2D eigenvalue weighted by Crippen LogP contribution is -2.17. The van der Waals surface area contributed by atoms with Crippen LogP contribution in [0.4, 0.5) is 10.1 Å². The maximum absolute atomic E-state index is 13.4. The average molecular weight is 263 g/mol. The highest BCUT2D eigenvalue weighted by molar-refractivity contribution is 5.71. The fourth-order valence-electron chi connectivity index (χ4n) is 2.24. The Morgan fingerprint density at radius 1 is 1.37 bits per heavy atom. The molecule has 102 valence electrons. The Labute approximate surface area is 111 Å². The third-order valence-electron chi connectivity index (χ3n) is 3.25. The molecular weight excluding hydrogens is 245 g/mol. The van der Waals surface area contributed by atoms with E-state index in [0.717, 1.165) is 6.42 Å². The molecule has 0 radical (unpaired) electrons. The molecule has 0 aliphatic rings. The van der Waals surface area contributed by atoms with Crippen LogP contribution in [0, 0.1) is 11.7 Å². The van der Waals surface area contributed by atoms with E-state index in [0.29, 0.717) is 23.0 Å². The van der Waals surface area contributed by atoms with Gasteiger partial charge >= 0.3 is 0 Å². The largest absolute Gasteiger partial charge is 0.398 e. The summed E-state index contributed by atoms with van der Waals surface area (Å²) in [5.74, 6) is 0.538. The maximum atomic E-state index is 13.4. The lowest BCUT2D eigenvalue weighted by atomic mass is 10.0. The number of nitrogen functional groups attached to an aromatic ring is 1. The van der Waals surface area contributed by atoms with Crippen LogP contribution in [0.2, 0.25) is 0 Å². The summed E-state index contributed by atoms with van der Waals surface area (Å²) in [6, 6.07) is 4.38. The van der Waals surface area contributed by atoms with Crippen LogP contribution in [0.3, 0.4) is 0 Å². The van der Waals surface area contributed by atoms with Crippen LogP contribution in [0.5, 0.6) is 0 Å². The molecule has 0 fully saturated rings.